The average molecular weight is 400 g/mol. The van der Waals surface area contributed by atoms with E-state index in [9.17, 15) is 19.2 Å². The second-order valence-corrected chi connectivity index (χ2v) is 7.95. The molecule has 0 unspecified atom stereocenters. The van der Waals surface area contributed by atoms with Gasteiger partial charge >= 0.3 is 6.03 Å². The first kappa shape index (κ1) is 20.8. The minimum Gasteiger partial charge on any atom is -0.372 e. The molecule has 2 aliphatic heterocycles. The van der Waals surface area contributed by atoms with E-state index in [2.05, 4.69) is 29.3 Å². The second-order valence-electron chi connectivity index (χ2n) is 7.95. The van der Waals surface area contributed by atoms with E-state index in [0.717, 1.165) is 24.6 Å². The third-order valence-corrected chi connectivity index (χ3v) is 5.69. The van der Waals surface area contributed by atoms with Crippen LogP contribution in [-0.2, 0) is 14.4 Å². The molecule has 0 radical (unpaired) electrons. The zero-order valence-corrected chi connectivity index (χ0v) is 16.9. The van der Waals surface area contributed by atoms with Crippen molar-refractivity contribution < 1.29 is 19.2 Å². The van der Waals surface area contributed by atoms with Gasteiger partial charge in [-0.3, -0.25) is 25.0 Å². The highest BCUT2D eigenvalue weighted by molar-refractivity contribution is 6.16. The van der Waals surface area contributed by atoms with E-state index in [4.69, 9.17) is 0 Å². The lowest BCUT2D eigenvalue weighted by molar-refractivity contribution is -0.136. The number of urea groups is 1. The molecule has 2 heterocycles. The first-order valence-electron chi connectivity index (χ1n) is 10.1. The molecule has 156 valence electrons. The molecule has 8 nitrogen and oxygen atoms in total. The topological polar surface area (TPSA) is 108 Å². The van der Waals surface area contributed by atoms with Crippen molar-refractivity contribution in [1.29, 1.82) is 0 Å². The number of imide groups is 2. The molecule has 0 bridgehead atoms. The van der Waals surface area contributed by atoms with Crippen LogP contribution >= 0.6 is 0 Å². The van der Waals surface area contributed by atoms with Gasteiger partial charge < -0.3 is 10.2 Å². The number of carbonyl (C=O) groups is 4. The summed E-state index contributed by atoms with van der Waals surface area (Å²) in [5, 5.41) is 6.97. The number of piperidine rings is 1. The maximum absolute atomic E-state index is 12.2. The number of nitrogens with zero attached hydrogens (tertiary/aromatic N) is 1. The molecule has 1 aromatic carbocycles. The van der Waals surface area contributed by atoms with Crippen LogP contribution in [-0.4, -0.2) is 36.8 Å². The molecule has 0 aliphatic carbocycles. The summed E-state index contributed by atoms with van der Waals surface area (Å²) >= 11 is 0. The van der Waals surface area contributed by atoms with Crippen LogP contribution < -0.4 is 20.9 Å². The van der Waals surface area contributed by atoms with Crippen molar-refractivity contribution in [1.82, 2.24) is 16.0 Å². The van der Waals surface area contributed by atoms with Crippen LogP contribution in [0.1, 0.15) is 51.1 Å². The molecule has 2 fully saturated rings. The largest absolute Gasteiger partial charge is 0.372 e. The molecule has 2 aliphatic rings. The number of benzene rings is 1. The third-order valence-electron chi connectivity index (χ3n) is 5.69. The maximum Gasteiger partial charge on any atom is 0.328 e. The van der Waals surface area contributed by atoms with Gasteiger partial charge in [0.05, 0.1) is 6.04 Å². The van der Waals surface area contributed by atoms with E-state index in [0.29, 0.717) is 0 Å². The Morgan fingerprint density at radius 2 is 1.69 bits per heavy atom. The minimum absolute atomic E-state index is 0.0219. The van der Waals surface area contributed by atoms with E-state index in [1.807, 2.05) is 29.7 Å². The SMILES string of the molecule is CC1CCN(c2ccc([C@@H](C)NC(=O)CCC3C(=O)NC(=O)NC3=O)cc2)CC1. The van der Waals surface area contributed by atoms with Crippen LogP contribution in [0, 0.1) is 11.8 Å². The number of nitrogens with one attached hydrogen (secondary N) is 3. The summed E-state index contributed by atoms with van der Waals surface area (Å²) in [4.78, 5) is 49.1. The molecule has 29 heavy (non-hydrogen) atoms. The molecule has 3 N–H and O–H groups in total. The Morgan fingerprint density at radius 3 is 2.28 bits per heavy atom. The van der Waals surface area contributed by atoms with Gasteiger partial charge in [0.25, 0.3) is 0 Å². The number of hydrogen-bond acceptors (Lipinski definition) is 5. The lowest BCUT2D eigenvalue weighted by Gasteiger charge is -2.32. The Balaban J connectivity index is 1.48. The van der Waals surface area contributed by atoms with Crippen molar-refractivity contribution in [3.63, 3.8) is 0 Å². The zero-order chi connectivity index (χ0) is 21.0. The van der Waals surface area contributed by atoms with Crippen molar-refractivity contribution in [3.8, 4) is 0 Å². The van der Waals surface area contributed by atoms with E-state index < -0.39 is 23.8 Å². The second kappa shape index (κ2) is 9.07. The van der Waals surface area contributed by atoms with Crippen molar-refractivity contribution in [2.24, 2.45) is 11.8 Å². The molecular weight excluding hydrogens is 372 g/mol. The lowest BCUT2D eigenvalue weighted by atomic mass is 9.98. The van der Waals surface area contributed by atoms with Crippen molar-refractivity contribution in [3.05, 3.63) is 29.8 Å². The minimum atomic E-state index is -1.03. The van der Waals surface area contributed by atoms with Gasteiger partial charge in [-0.25, -0.2) is 4.79 Å². The van der Waals surface area contributed by atoms with Crippen molar-refractivity contribution in [2.45, 2.75) is 45.6 Å². The summed E-state index contributed by atoms with van der Waals surface area (Å²) < 4.78 is 0. The van der Waals surface area contributed by atoms with Crippen LogP contribution in [0.5, 0.6) is 0 Å². The van der Waals surface area contributed by atoms with Gasteiger partial charge in [-0.05, 0) is 49.8 Å². The fourth-order valence-electron chi connectivity index (χ4n) is 3.72. The highest BCUT2D eigenvalue weighted by Gasteiger charge is 2.34. The van der Waals surface area contributed by atoms with Gasteiger partial charge in [0.2, 0.25) is 17.7 Å². The Kier molecular flexibility index (Phi) is 6.51. The number of carbonyl (C=O) groups excluding carboxylic acids is 4. The van der Waals surface area contributed by atoms with Gasteiger partial charge in [0.15, 0.2) is 0 Å². The molecule has 1 aromatic rings. The molecule has 8 heteroatoms. The molecule has 1 atom stereocenters. The predicted molar refractivity (Wildman–Crippen MR) is 108 cm³/mol. The first-order chi connectivity index (χ1) is 13.8. The molecule has 2 saturated heterocycles. The first-order valence-corrected chi connectivity index (χ1v) is 10.1. The smallest absolute Gasteiger partial charge is 0.328 e. The molecule has 0 spiro atoms. The standard InChI is InChI=1S/C21H28N4O4/c1-13-9-11-25(12-10-13)16-5-3-15(4-6-16)14(2)22-18(26)8-7-17-19(27)23-21(29)24-20(17)28/h3-6,13-14,17H,7-12H2,1-2H3,(H,22,26)(H2,23,24,27,28,29)/t14-/m1/s1. The van der Waals surface area contributed by atoms with Gasteiger partial charge in [0.1, 0.15) is 5.92 Å². The van der Waals surface area contributed by atoms with Crippen LogP contribution in [0.15, 0.2) is 24.3 Å². The van der Waals surface area contributed by atoms with Crippen LogP contribution in [0.4, 0.5) is 10.5 Å². The van der Waals surface area contributed by atoms with Gasteiger partial charge in [-0.2, -0.15) is 0 Å². The van der Waals surface area contributed by atoms with Crippen LogP contribution in [0.2, 0.25) is 0 Å². The van der Waals surface area contributed by atoms with Gasteiger partial charge in [-0.15, -0.1) is 0 Å². The Morgan fingerprint density at radius 1 is 1.10 bits per heavy atom. The van der Waals surface area contributed by atoms with Crippen molar-refractivity contribution in [2.75, 3.05) is 18.0 Å². The highest BCUT2D eigenvalue weighted by Crippen LogP contribution is 2.24. The van der Waals surface area contributed by atoms with E-state index in [1.54, 1.807) is 0 Å². The number of rotatable bonds is 6. The van der Waals surface area contributed by atoms with Crippen LogP contribution in [0.3, 0.4) is 0 Å². The molecular formula is C21H28N4O4. The highest BCUT2D eigenvalue weighted by atomic mass is 16.2. The number of anilines is 1. The number of barbiturate groups is 1. The summed E-state index contributed by atoms with van der Waals surface area (Å²) in [6, 6.07) is 7.20. The van der Waals surface area contributed by atoms with Crippen molar-refractivity contribution >= 4 is 29.4 Å². The number of hydrogen-bond donors (Lipinski definition) is 3. The van der Waals surface area contributed by atoms with E-state index in [1.165, 1.54) is 18.5 Å². The van der Waals surface area contributed by atoms with E-state index in [-0.39, 0.29) is 24.8 Å². The fraction of sp³-hybridized carbons (Fsp3) is 0.524. The summed E-state index contributed by atoms with van der Waals surface area (Å²) in [6.07, 6.45) is 2.49. The lowest BCUT2D eigenvalue weighted by Crippen LogP contribution is -2.55. The summed E-state index contributed by atoms with van der Waals surface area (Å²) in [5.74, 6) is -1.82. The molecule has 0 aromatic heterocycles. The van der Waals surface area contributed by atoms with Gasteiger partial charge in [-0.1, -0.05) is 19.1 Å². The summed E-state index contributed by atoms with van der Waals surface area (Å²) in [6.45, 7) is 6.33. The Hall–Kier alpha value is -2.90. The summed E-state index contributed by atoms with van der Waals surface area (Å²) in [5.41, 5.74) is 2.19. The molecule has 0 saturated carbocycles. The van der Waals surface area contributed by atoms with Crippen LogP contribution in [0.25, 0.3) is 0 Å². The third kappa shape index (κ3) is 5.34. The Labute approximate surface area is 170 Å². The number of amides is 5. The molecule has 3 rings (SSSR count). The zero-order valence-electron chi connectivity index (χ0n) is 16.9. The van der Waals surface area contributed by atoms with Gasteiger partial charge in [0, 0.05) is 25.2 Å². The summed E-state index contributed by atoms with van der Waals surface area (Å²) in [7, 11) is 0. The Bertz CT molecular complexity index is 764. The van der Waals surface area contributed by atoms with E-state index >= 15 is 0 Å². The average Bonchev–Trinajstić information content (AvgIpc) is 2.68. The fourth-order valence-corrected chi connectivity index (χ4v) is 3.72. The molecule has 5 amide bonds. The normalized spacial score (nSPS) is 19.5. The predicted octanol–water partition coefficient (Wildman–Crippen LogP) is 1.86. The monoisotopic (exact) mass is 400 g/mol. The maximum atomic E-state index is 12.2. The quantitative estimate of drug-likeness (QED) is 0.632.